The number of carbonyl (C=O) groups is 1. The molecular weight excluding hydrogens is 272 g/mol. The second-order valence-corrected chi connectivity index (χ2v) is 5.58. The lowest BCUT2D eigenvalue weighted by Crippen LogP contribution is -2.22. The lowest BCUT2D eigenvalue weighted by Gasteiger charge is -2.11. The number of fused-ring (bicyclic) bond motifs is 1. The normalized spacial score (nSPS) is 12.2. The number of ketones is 1. The Kier molecular flexibility index (Phi) is 3.88. The van der Waals surface area contributed by atoms with Crippen LogP contribution in [0.1, 0.15) is 22.8 Å². The maximum Gasteiger partial charge on any atom is 0.169 e. The number of hydrogen-bond acceptors (Lipinski definition) is 2. The number of hydrogen-bond donors (Lipinski definition) is 2. The summed E-state index contributed by atoms with van der Waals surface area (Å²) < 4.78 is 0. The molecule has 2 N–H and O–H groups in total. The minimum Gasteiger partial charge on any atom is -0.360 e. The fraction of sp³-hybridized carbons (Fsp3) is 0.158. The second-order valence-electron chi connectivity index (χ2n) is 5.58. The van der Waals surface area contributed by atoms with Gasteiger partial charge in [-0.3, -0.25) is 10.2 Å². The fourth-order valence-corrected chi connectivity index (χ4v) is 2.71. The number of aromatic amines is 1. The van der Waals surface area contributed by atoms with Crippen molar-refractivity contribution in [2.45, 2.75) is 13.3 Å². The Hall–Kier alpha value is -2.68. The summed E-state index contributed by atoms with van der Waals surface area (Å²) in [6.07, 6.45) is 2.35. The molecule has 0 bridgehead atoms. The summed E-state index contributed by atoms with van der Waals surface area (Å²) >= 11 is 0. The molecule has 3 nitrogen and oxygen atoms in total. The average molecular weight is 290 g/mol. The first kappa shape index (κ1) is 14.3. The van der Waals surface area contributed by atoms with Gasteiger partial charge in [-0.05, 0) is 18.1 Å². The number of para-hydroxylation sites is 1. The van der Waals surface area contributed by atoms with Gasteiger partial charge in [-0.15, -0.1) is 0 Å². The van der Waals surface area contributed by atoms with Gasteiger partial charge in [0.05, 0.1) is 10.9 Å². The van der Waals surface area contributed by atoms with E-state index in [1.807, 2.05) is 61.5 Å². The first-order valence-corrected chi connectivity index (χ1v) is 7.40. The van der Waals surface area contributed by atoms with Gasteiger partial charge in [0.15, 0.2) is 5.78 Å². The summed E-state index contributed by atoms with van der Waals surface area (Å²) in [6.45, 7) is 1.92. The molecule has 3 aromatic rings. The molecule has 0 radical (unpaired) electrons. The number of H-pyrrole nitrogens is 1. The Balaban J connectivity index is 1.92. The highest BCUT2D eigenvalue weighted by atomic mass is 16.1. The quantitative estimate of drug-likeness (QED) is 0.707. The van der Waals surface area contributed by atoms with E-state index in [0.717, 1.165) is 16.5 Å². The molecule has 2 aromatic carbocycles. The highest BCUT2D eigenvalue weighted by Crippen LogP contribution is 2.14. The zero-order chi connectivity index (χ0) is 15.5. The van der Waals surface area contributed by atoms with Crippen LogP contribution in [0.5, 0.6) is 0 Å². The molecule has 3 rings (SSSR count). The van der Waals surface area contributed by atoms with E-state index < -0.39 is 0 Å². The van der Waals surface area contributed by atoms with Crippen LogP contribution < -0.4 is 5.36 Å². The number of carbonyl (C=O) groups excluding carboxylic acids is 1. The summed E-state index contributed by atoms with van der Waals surface area (Å²) in [5.41, 5.74) is 2.47. The van der Waals surface area contributed by atoms with E-state index in [2.05, 4.69) is 4.98 Å². The van der Waals surface area contributed by atoms with Gasteiger partial charge in [-0.25, -0.2) is 0 Å². The van der Waals surface area contributed by atoms with Crippen molar-refractivity contribution in [3.8, 4) is 0 Å². The zero-order valence-electron chi connectivity index (χ0n) is 12.5. The Morgan fingerprint density at radius 1 is 1.09 bits per heavy atom. The Morgan fingerprint density at radius 3 is 2.55 bits per heavy atom. The van der Waals surface area contributed by atoms with Gasteiger partial charge in [0, 0.05) is 23.0 Å². The molecule has 0 amide bonds. The zero-order valence-corrected chi connectivity index (χ0v) is 12.5. The maximum atomic E-state index is 12.7. The lowest BCUT2D eigenvalue weighted by atomic mass is 9.93. The predicted molar refractivity (Wildman–Crippen MR) is 87.8 cm³/mol. The van der Waals surface area contributed by atoms with Crippen LogP contribution in [0.15, 0.2) is 60.8 Å². The van der Waals surface area contributed by atoms with Gasteiger partial charge in [0.2, 0.25) is 0 Å². The van der Waals surface area contributed by atoms with Crippen molar-refractivity contribution >= 4 is 16.7 Å². The number of benzene rings is 2. The molecule has 0 aliphatic rings. The molecule has 0 fully saturated rings. The monoisotopic (exact) mass is 290 g/mol. The molecule has 3 heteroatoms. The van der Waals surface area contributed by atoms with Gasteiger partial charge >= 0.3 is 0 Å². The fourth-order valence-electron chi connectivity index (χ4n) is 2.71. The number of nitrogens with one attached hydrogen (secondary N) is 2. The molecule has 0 spiro atoms. The van der Waals surface area contributed by atoms with Crippen LogP contribution in [0, 0.1) is 11.3 Å². The van der Waals surface area contributed by atoms with Crippen molar-refractivity contribution < 1.29 is 4.79 Å². The molecule has 0 saturated heterocycles. The first-order chi connectivity index (χ1) is 10.7. The van der Waals surface area contributed by atoms with E-state index in [1.165, 1.54) is 0 Å². The van der Waals surface area contributed by atoms with Crippen LogP contribution in [0.2, 0.25) is 0 Å². The molecular formula is C19H18N2O. The van der Waals surface area contributed by atoms with E-state index in [-0.39, 0.29) is 11.7 Å². The summed E-state index contributed by atoms with van der Waals surface area (Å²) in [6, 6.07) is 17.6. The van der Waals surface area contributed by atoms with Gasteiger partial charge in [-0.2, -0.15) is 0 Å². The SMILES string of the molecule is CC(Cc1ccccc1)C(=O)c1c[nH]c2ccccc2c1=N. The number of rotatable bonds is 4. The molecule has 1 aromatic heterocycles. The van der Waals surface area contributed by atoms with Crippen molar-refractivity contribution in [1.29, 1.82) is 5.41 Å². The third-order valence-corrected chi connectivity index (χ3v) is 3.94. The van der Waals surface area contributed by atoms with E-state index >= 15 is 0 Å². The Morgan fingerprint density at radius 2 is 1.77 bits per heavy atom. The molecule has 0 saturated carbocycles. The van der Waals surface area contributed by atoms with E-state index in [0.29, 0.717) is 17.3 Å². The van der Waals surface area contributed by atoms with Gasteiger partial charge in [0.25, 0.3) is 0 Å². The van der Waals surface area contributed by atoms with Crippen molar-refractivity contribution in [3.63, 3.8) is 0 Å². The number of aromatic nitrogens is 1. The van der Waals surface area contributed by atoms with Crippen molar-refractivity contribution in [2.24, 2.45) is 5.92 Å². The topological polar surface area (TPSA) is 56.7 Å². The predicted octanol–water partition coefficient (Wildman–Crippen LogP) is 3.71. The molecule has 0 aliphatic heterocycles. The summed E-state index contributed by atoms with van der Waals surface area (Å²) in [5, 5.41) is 9.39. The molecule has 1 unspecified atom stereocenters. The molecule has 0 aliphatic carbocycles. The van der Waals surface area contributed by atoms with Gasteiger partial charge < -0.3 is 4.98 Å². The largest absolute Gasteiger partial charge is 0.360 e. The summed E-state index contributed by atoms with van der Waals surface area (Å²) in [4.78, 5) is 15.8. The molecule has 110 valence electrons. The smallest absolute Gasteiger partial charge is 0.169 e. The molecule has 22 heavy (non-hydrogen) atoms. The molecule has 1 atom stereocenters. The summed E-state index contributed by atoms with van der Waals surface area (Å²) in [7, 11) is 0. The van der Waals surface area contributed by atoms with Crippen LogP contribution >= 0.6 is 0 Å². The Bertz CT molecular complexity index is 865. The number of pyridine rings is 1. The van der Waals surface area contributed by atoms with Gasteiger partial charge in [0.1, 0.15) is 0 Å². The van der Waals surface area contributed by atoms with Gasteiger partial charge in [-0.1, -0.05) is 55.5 Å². The maximum absolute atomic E-state index is 12.7. The minimum atomic E-state index is -0.152. The highest BCUT2D eigenvalue weighted by molar-refractivity contribution is 5.99. The third kappa shape index (κ3) is 2.70. The highest BCUT2D eigenvalue weighted by Gasteiger charge is 2.18. The number of Topliss-reactive ketones (excluding diaryl/α,β-unsaturated/α-hetero) is 1. The van der Waals surface area contributed by atoms with Crippen LogP contribution in [-0.4, -0.2) is 10.8 Å². The van der Waals surface area contributed by atoms with Crippen molar-refractivity contribution in [2.75, 3.05) is 0 Å². The van der Waals surface area contributed by atoms with E-state index in [1.54, 1.807) is 6.20 Å². The van der Waals surface area contributed by atoms with Crippen molar-refractivity contribution in [3.05, 3.63) is 77.3 Å². The molecule has 1 heterocycles. The van der Waals surface area contributed by atoms with Crippen LogP contribution in [-0.2, 0) is 6.42 Å². The van der Waals surface area contributed by atoms with Crippen LogP contribution in [0.3, 0.4) is 0 Å². The van der Waals surface area contributed by atoms with Crippen LogP contribution in [0.4, 0.5) is 0 Å². The van der Waals surface area contributed by atoms with Crippen molar-refractivity contribution in [1.82, 2.24) is 4.98 Å². The second kappa shape index (κ2) is 5.98. The average Bonchev–Trinajstić information content (AvgIpc) is 2.56. The first-order valence-electron chi connectivity index (χ1n) is 7.40. The van der Waals surface area contributed by atoms with Crippen LogP contribution in [0.25, 0.3) is 10.9 Å². The standard InChI is InChI=1S/C19H18N2O/c1-13(11-14-7-3-2-4-8-14)19(22)16-12-21-17-10-6-5-9-15(17)18(16)20/h2-10,12-13H,11H2,1H3,(H2,20,21). The third-order valence-electron chi connectivity index (χ3n) is 3.94. The minimum absolute atomic E-state index is 0.0101. The summed E-state index contributed by atoms with van der Waals surface area (Å²) in [5.74, 6) is -0.142. The lowest BCUT2D eigenvalue weighted by molar-refractivity contribution is 0.0928. The van der Waals surface area contributed by atoms with E-state index in [9.17, 15) is 4.79 Å². The Labute approximate surface area is 129 Å². The van der Waals surface area contributed by atoms with E-state index in [4.69, 9.17) is 5.41 Å².